The van der Waals surface area contributed by atoms with Crippen molar-refractivity contribution in [2.45, 2.75) is 38.8 Å². The molecule has 9 nitrogen and oxygen atoms in total. The van der Waals surface area contributed by atoms with Crippen LogP contribution in [0.4, 0.5) is 4.79 Å². The number of benzene rings is 2. The predicted molar refractivity (Wildman–Crippen MR) is 107 cm³/mol. The van der Waals surface area contributed by atoms with Crippen LogP contribution in [0.5, 0.6) is 11.5 Å². The first-order chi connectivity index (χ1) is 14.1. The van der Waals surface area contributed by atoms with Gasteiger partial charge < -0.3 is 19.9 Å². The summed E-state index contributed by atoms with van der Waals surface area (Å²) in [5.41, 5.74) is 1.77. The first-order valence-corrected chi connectivity index (χ1v) is 9.11. The molecule has 0 heterocycles. The Morgan fingerprint density at radius 2 is 1.50 bits per heavy atom. The van der Waals surface area contributed by atoms with Crippen molar-refractivity contribution in [2.24, 2.45) is 0 Å². The molecule has 0 radical (unpaired) electrons. The molecule has 0 fully saturated rings. The third-order valence-electron chi connectivity index (χ3n) is 3.81. The van der Waals surface area contributed by atoms with E-state index in [0.717, 1.165) is 0 Å². The minimum Gasteiger partial charge on any atom is -0.480 e. The molecule has 0 spiro atoms. The number of amides is 2. The van der Waals surface area contributed by atoms with E-state index in [1.807, 2.05) is 0 Å². The molecule has 2 aromatic carbocycles. The van der Waals surface area contributed by atoms with Crippen molar-refractivity contribution in [2.75, 3.05) is 0 Å². The summed E-state index contributed by atoms with van der Waals surface area (Å²) in [5.74, 6) is -0.815. The largest absolute Gasteiger partial charge is 0.480 e. The lowest BCUT2D eigenvalue weighted by molar-refractivity contribution is -0.139. The fraction of sp³-hybridized carbons (Fsp3) is 0.286. The van der Waals surface area contributed by atoms with Gasteiger partial charge in [0.05, 0.1) is 0 Å². The van der Waals surface area contributed by atoms with Crippen LogP contribution in [0, 0.1) is 0 Å². The normalized spacial score (nSPS) is 11.9. The third kappa shape index (κ3) is 7.10. The molecule has 160 valence electrons. The molecule has 4 N–H and O–H groups in total. The van der Waals surface area contributed by atoms with E-state index in [0.29, 0.717) is 17.1 Å². The van der Waals surface area contributed by atoms with Gasteiger partial charge in [-0.05, 0) is 62.7 Å². The number of carboxylic acid groups (broad SMARTS) is 1. The lowest BCUT2D eigenvalue weighted by atomic mass is 10.1. The van der Waals surface area contributed by atoms with Gasteiger partial charge in [0.1, 0.15) is 23.1 Å². The Labute approximate surface area is 173 Å². The first-order valence-electron chi connectivity index (χ1n) is 9.11. The van der Waals surface area contributed by atoms with Crippen LogP contribution in [0.15, 0.2) is 48.5 Å². The average Bonchev–Trinajstić information content (AvgIpc) is 2.67. The monoisotopic (exact) mass is 416 g/mol. The summed E-state index contributed by atoms with van der Waals surface area (Å²) in [6.07, 6.45) is -0.729. The molecule has 2 rings (SSSR count). The number of hydrogen-bond donors (Lipinski definition) is 4. The zero-order valence-electron chi connectivity index (χ0n) is 16.8. The van der Waals surface area contributed by atoms with E-state index in [2.05, 4.69) is 5.32 Å². The van der Waals surface area contributed by atoms with E-state index in [9.17, 15) is 19.5 Å². The maximum Gasteiger partial charge on any atom is 0.408 e. The second-order valence-corrected chi connectivity index (χ2v) is 7.45. The van der Waals surface area contributed by atoms with Crippen LogP contribution < -0.4 is 15.5 Å². The van der Waals surface area contributed by atoms with Gasteiger partial charge in [0.25, 0.3) is 5.91 Å². The Morgan fingerprint density at radius 1 is 0.967 bits per heavy atom. The van der Waals surface area contributed by atoms with Gasteiger partial charge in [0.2, 0.25) is 0 Å². The molecule has 2 aromatic rings. The summed E-state index contributed by atoms with van der Waals surface area (Å²) in [6, 6.07) is 11.7. The van der Waals surface area contributed by atoms with Crippen LogP contribution in [0.3, 0.4) is 0 Å². The molecule has 0 aromatic heterocycles. The van der Waals surface area contributed by atoms with Gasteiger partial charge in [-0.15, -0.1) is 0 Å². The van der Waals surface area contributed by atoms with Crippen LogP contribution in [0.1, 0.15) is 36.7 Å². The quantitative estimate of drug-likeness (QED) is 0.402. The molecule has 9 heteroatoms. The molecule has 0 saturated carbocycles. The van der Waals surface area contributed by atoms with E-state index in [1.165, 1.54) is 12.1 Å². The van der Waals surface area contributed by atoms with Crippen molar-refractivity contribution in [1.82, 2.24) is 10.8 Å². The fourth-order valence-electron chi connectivity index (χ4n) is 2.45. The number of ether oxygens (including phenoxy) is 2. The Kier molecular flexibility index (Phi) is 7.38. The summed E-state index contributed by atoms with van der Waals surface area (Å²) in [6.45, 7) is 5.07. The van der Waals surface area contributed by atoms with Crippen LogP contribution in [0.2, 0.25) is 0 Å². The highest BCUT2D eigenvalue weighted by Gasteiger charge is 2.24. The van der Waals surface area contributed by atoms with Crippen LogP contribution in [-0.2, 0) is 16.0 Å². The summed E-state index contributed by atoms with van der Waals surface area (Å²) >= 11 is 0. The van der Waals surface area contributed by atoms with E-state index in [4.69, 9.17) is 14.7 Å². The molecular weight excluding hydrogens is 392 g/mol. The zero-order valence-corrected chi connectivity index (χ0v) is 16.8. The van der Waals surface area contributed by atoms with Crippen molar-refractivity contribution in [3.05, 3.63) is 59.7 Å². The van der Waals surface area contributed by atoms with Gasteiger partial charge >= 0.3 is 12.1 Å². The fourth-order valence-corrected chi connectivity index (χ4v) is 2.45. The average molecular weight is 416 g/mol. The van der Waals surface area contributed by atoms with Gasteiger partial charge in [0, 0.05) is 12.0 Å². The van der Waals surface area contributed by atoms with Crippen molar-refractivity contribution in [1.29, 1.82) is 0 Å². The van der Waals surface area contributed by atoms with Crippen molar-refractivity contribution < 1.29 is 34.2 Å². The number of alkyl carbamates (subject to hydrolysis) is 1. The van der Waals surface area contributed by atoms with E-state index >= 15 is 0 Å². The summed E-state index contributed by atoms with van der Waals surface area (Å²) in [7, 11) is 0. The molecule has 0 aliphatic carbocycles. The summed E-state index contributed by atoms with van der Waals surface area (Å²) < 4.78 is 10.8. The van der Waals surface area contributed by atoms with Crippen LogP contribution >= 0.6 is 0 Å². The topological polar surface area (TPSA) is 134 Å². The zero-order chi connectivity index (χ0) is 22.3. The Morgan fingerprint density at radius 3 is 1.97 bits per heavy atom. The lowest BCUT2D eigenvalue weighted by Crippen LogP contribution is -2.44. The van der Waals surface area contributed by atoms with Gasteiger partial charge in [-0.1, -0.05) is 12.1 Å². The summed E-state index contributed by atoms with van der Waals surface area (Å²) in [4.78, 5) is 34.6. The van der Waals surface area contributed by atoms with Gasteiger partial charge in [-0.25, -0.2) is 15.1 Å². The maximum absolute atomic E-state index is 11.9. The molecule has 0 unspecified atom stereocenters. The highest BCUT2D eigenvalue weighted by molar-refractivity contribution is 5.93. The van der Waals surface area contributed by atoms with Gasteiger partial charge in [0.15, 0.2) is 0 Å². The number of nitrogens with one attached hydrogen (secondary N) is 2. The molecule has 0 aliphatic rings. The number of carboxylic acids is 1. The lowest BCUT2D eigenvalue weighted by Gasteiger charge is -2.22. The van der Waals surface area contributed by atoms with E-state index in [-0.39, 0.29) is 12.0 Å². The van der Waals surface area contributed by atoms with Gasteiger partial charge in [-0.2, -0.15) is 0 Å². The summed E-state index contributed by atoms with van der Waals surface area (Å²) in [5, 5.41) is 20.3. The van der Waals surface area contributed by atoms with Crippen LogP contribution in [-0.4, -0.2) is 39.9 Å². The minimum atomic E-state index is -1.17. The molecule has 2 amide bonds. The highest BCUT2D eigenvalue weighted by atomic mass is 16.6. The van der Waals surface area contributed by atoms with Crippen molar-refractivity contribution in [3.63, 3.8) is 0 Å². The van der Waals surface area contributed by atoms with E-state index in [1.54, 1.807) is 62.6 Å². The Bertz CT molecular complexity index is 887. The number of carbonyl (C=O) groups excluding carboxylic acids is 2. The molecule has 1 atom stereocenters. The second kappa shape index (κ2) is 9.75. The molecule has 0 saturated heterocycles. The number of carbonyl (C=O) groups is 3. The molecule has 0 bridgehead atoms. The van der Waals surface area contributed by atoms with Crippen molar-refractivity contribution >= 4 is 18.0 Å². The van der Waals surface area contributed by atoms with E-state index < -0.39 is 29.6 Å². The van der Waals surface area contributed by atoms with Crippen molar-refractivity contribution in [3.8, 4) is 11.5 Å². The smallest absolute Gasteiger partial charge is 0.408 e. The SMILES string of the molecule is CC(C)(C)OC(=O)N[C@@H](Cc1ccc(Oc2ccc(C(=O)NO)cc2)cc1)C(=O)O. The van der Waals surface area contributed by atoms with Crippen LogP contribution in [0.25, 0.3) is 0 Å². The second-order valence-electron chi connectivity index (χ2n) is 7.45. The standard InChI is InChI=1S/C21H24N2O7/c1-21(2,3)30-20(27)22-17(19(25)26)12-13-4-8-15(9-5-13)29-16-10-6-14(7-11-16)18(24)23-28/h4-11,17,28H,12H2,1-3H3,(H,22,27)(H,23,24)(H,25,26)/t17-/m0/s1. The Balaban J connectivity index is 1.99. The molecular formula is C21H24N2O7. The number of hydroxylamine groups is 1. The van der Waals surface area contributed by atoms with Gasteiger partial charge in [-0.3, -0.25) is 10.0 Å². The predicted octanol–water partition coefficient (Wildman–Crippen LogP) is 3.12. The number of rotatable bonds is 7. The molecule has 0 aliphatic heterocycles. The maximum atomic E-state index is 11.9. The Hall–Kier alpha value is -3.59. The highest BCUT2D eigenvalue weighted by Crippen LogP contribution is 2.22. The number of aliphatic carboxylic acids is 1. The molecule has 30 heavy (non-hydrogen) atoms. The number of hydrogen-bond acceptors (Lipinski definition) is 6. The minimum absolute atomic E-state index is 0.0693. The first kappa shape index (κ1) is 22.7. The third-order valence-corrected chi connectivity index (χ3v) is 3.81.